The zero-order chi connectivity index (χ0) is 23.2. The Morgan fingerprint density at radius 3 is 2.44 bits per heavy atom. The van der Waals surface area contributed by atoms with Crippen molar-refractivity contribution in [2.75, 3.05) is 23.7 Å². The smallest absolute Gasteiger partial charge is 0.404 e. The fourth-order valence-electron chi connectivity index (χ4n) is 2.59. The van der Waals surface area contributed by atoms with Gasteiger partial charge in [-0.1, -0.05) is 12.1 Å². The molecule has 0 radical (unpaired) electrons. The minimum absolute atomic E-state index is 0.112. The number of hydrogen-bond acceptors (Lipinski definition) is 8. The monoisotopic (exact) mass is 468 g/mol. The van der Waals surface area contributed by atoms with Gasteiger partial charge in [-0.2, -0.15) is 0 Å². The Morgan fingerprint density at radius 2 is 1.69 bits per heavy atom. The van der Waals surface area contributed by atoms with Gasteiger partial charge in [0.1, 0.15) is 34.4 Å². The van der Waals surface area contributed by atoms with E-state index in [2.05, 4.69) is 35.0 Å². The zero-order valence-corrected chi connectivity index (χ0v) is 17.5. The Hall–Kier alpha value is -3.45. The van der Waals surface area contributed by atoms with Crippen molar-refractivity contribution in [1.82, 2.24) is 19.7 Å². The number of alkyl halides is 3. The first-order valence-corrected chi connectivity index (χ1v) is 10.7. The van der Waals surface area contributed by atoms with E-state index in [9.17, 15) is 21.6 Å². The number of ether oxygens (including phenoxy) is 1. The van der Waals surface area contributed by atoms with Crippen molar-refractivity contribution in [1.29, 1.82) is 0 Å². The van der Waals surface area contributed by atoms with Crippen molar-refractivity contribution >= 4 is 27.5 Å². The van der Waals surface area contributed by atoms with Crippen LogP contribution in [0.1, 0.15) is 5.56 Å². The van der Waals surface area contributed by atoms with E-state index in [1.54, 1.807) is 12.3 Å². The minimum Gasteiger partial charge on any atom is -0.404 e. The predicted octanol–water partition coefficient (Wildman–Crippen LogP) is 3.21. The maximum atomic E-state index is 12.5. The molecule has 3 rings (SSSR count). The number of nitrogens with zero attached hydrogens (tertiary/aromatic N) is 3. The Balaban J connectivity index is 1.57. The van der Waals surface area contributed by atoms with Gasteiger partial charge in [0.05, 0.1) is 0 Å². The Bertz CT molecular complexity index is 1170. The highest BCUT2D eigenvalue weighted by molar-refractivity contribution is 7.89. The zero-order valence-electron chi connectivity index (χ0n) is 16.7. The van der Waals surface area contributed by atoms with Gasteiger partial charge in [0.25, 0.3) is 0 Å². The maximum Gasteiger partial charge on any atom is 0.573 e. The SMILES string of the molecule is Cc1ccnc(Nc2cc(NCCNS(=O)(=O)c3ccccc3OC(F)(F)F)ncn2)c1. The van der Waals surface area contributed by atoms with Crippen LogP contribution in [0.15, 0.2) is 59.9 Å². The average Bonchev–Trinajstić information content (AvgIpc) is 2.71. The molecule has 0 fully saturated rings. The summed E-state index contributed by atoms with van der Waals surface area (Å²) >= 11 is 0. The van der Waals surface area contributed by atoms with Crippen LogP contribution in [-0.2, 0) is 10.0 Å². The van der Waals surface area contributed by atoms with E-state index < -0.39 is 27.0 Å². The lowest BCUT2D eigenvalue weighted by Gasteiger charge is -2.14. The van der Waals surface area contributed by atoms with E-state index in [1.807, 2.05) is 19.1 Å². The fourth-order valence-corrected chi connectivity index (χ4v) is 3.75. The van der Waals surface area contributed by atoms with Crippen molar-refractivity contribution in [2.24, 2.45) is 0 Å². The van der Waals surface area contributed by atoms with Crippen molar-refractivity contribution in [2.45, 2.75) is 18.2 Å². The Labute approximate surface area is 182 Å². The van der Waals surface area contributed by atoms with Crippen LogP contribution in [-0.4, -0.2) is 42.8 Å². The number of aromatic nitrogens is 3. The van der Waals surface area contributed by atoms with Crippen LogP contribution in [0.5, 0.6) is 5.75 Å². The van der Waals surface area contributed by atoms with Crippen LogP contribution in [0, 0.1) is 6.92 Å². The summed E-state index contributed by atoms with van der Waals surface area (Å²) < 4.78 is 68.4. The summed E-state index contributed by atoms with van der Waals surface area (Å²) in [5.74, 6) is 0.674. The quantitative estimate of drug-likeness (QED) is 0.410. The molecule has 0 saturated carbocycles. The second-order valence-corrected chi connectivity index (χ2v) is 8.19. The highest BCUT2D eigenvalue weighted by atomic mass is 32.2. The first-order chi connectivity index (χ1) is 15.1. The molecule has 1 aromatic carbocycles. The molecule has 0 amide bonds. The summed E-state index contributed by atoms with van der Waals surface area (Å²) in [6.07, 6.45) is -2.04. The molecule has 0 unspecified atom stereocenters. The first-order valence-electron chi connectivity index (χ1n) is 9.22. The van der Waals surface area contributed by atoms with Crippen LogP contribution in [0.4, 0.5) is 30.6 Å². The van der Waals surface area contributed by atoms with Crippen LogP contribution in [0.2, 0.25) is 0 Å². The Kier molecular flexibility index (Phi) is 7.10. The van der Waals surface area contributed by atoms with E-state index in [-0.39, 0.29) is 13.1 Å². The third-order valence-electron chi connectivity index (χ3n) is 3.93. The lowest BCUT2D eigenvalue weighted by atomic mass is 10.3. The van der Waals surface area contributed by atoms with Crippen LogP contribution >= 0.6 is 0 Å². The third-order valence-corrected chi connectivity index (χ3v) is 5.43. The van der Waals surface area contributed by atoms with Crippen LogP contribution in [0.3, 0.4) is 0 Å². The molecule has 0 atom stereocenters. The molecule has 2 heterocycles. The number of rotatable bonds is 9. The number of sulfonamides is 1. The van der Waals surface area contributed by atoms with Crippen molar-refractivity contribution < 1.29 is 26.3 Å². The molecule has 2 aromatic heterocycles. The summed E-state index contributed by atoms with van der Waals surface area (Å²) in [5, 5.41) is 5.94. The molecule has 0 bridgehead atoms. The van der Waals surface area contributed by atoms with Crippen molar-refractivity contribution in [3.05, 3.63) is 60.6 Å². The molecule has 0 aliphatic rings. The summed E-state index contributed by atoms with van der Waals surface area (Å²) in [5.41, 5.74) is 1.02. The topological polar surface area (TPSA) is 118 Å². The summed E-state index contributed by atoms with van der Waals surface area (Å²) in [4.78, 5) is 11.7. The third kappa shape index (κ3) is 6.78. The average molecular weight is 468 g/mol. The first kappa shape index (κ1) is 23.2. The van der Waals surface area contributed by atoms with Gasteiger partial charge in [0.15, 0.2) is 0 Å². The van der Waals surface area contributed by atoms with E-state index in [0.29, 0.717) is 17.5 Å². The summed E-state index contributed by atoms with van der Waals surface area (Å²) in [6.45, 7) is 1.92. The highest BCUT2D eigenvalue weighted by Gasteiger charge is 2.33. The second kappa shape index (κ2) is 9.78. The molecule has 9 nitrogen and oxygen atoms in total. The minimum atomic E-state index is -5.01. The number of halogens is 3. The summed E-state index contributed by atoms with van der Waals surface area (Å²) in [6, 6.07) is 9.79. The predicted molar refractivity (Wildman–Crippen MR) is 111 cm³/mol. The maximum absolute atomic E-state index is 12.5. The Morgan fingerprint density at radius 1 is 0.969 bits per heavy atom. The van der Waals surface area contributed by atoms with E-state index in [1.165, 1.54) is 18.5 Å². The number of hydrogen-bond donors (Lipinski definition) is 3. The normalized spacial score (nSPS) is 11.8. The largest absolute Gasteiger partial charge is 0.573 e. The molecule has 3 N–H and O–H groups in total. The molecule has 0 aliphatic heterocycles. The molecule has 32 heavy (non-hydrogen) atoms. The molecule has 3 aromatic rings. The van der Waals surface area contributed by atoms with Gasteiger partial charge in [-0.3, -0.25) is 0 Å². The molecule has 170 valence electrons. The number of pyridine rings is 1. The van der Waals surface area contributed by atoms with E-state index in [4.69, 9.17) is 0 Å². The number of benzene rings is 1. The number of para-hydroxylation sites is 1. The van der Waals surface area contributed by atoms with Gasteiger partial charge >= 0.3 is 6.36 Å². The van der Waals surface area contributed by atoms with Gasteiger partial charge in [-0.05, 0) is 36.8 Å². The van der Waals surface area contributed by atoms with E-state index >= 15 is 0 Å². The molecule has 13 heteroatoms. The van der Waals surface area contributed by atoms with Gasteiger partial charge in [-0.25, -0.2) is 28.1 Å². The van der Waals surface area contributed by atoms with Crippen molar-refractivity contribution in [3.63, 3.8) is 0 Å². The van der Waals surface area contributed by atoms with E-state index in [0.717, 1.165) is 17.7 Å². The van der Waals surface area contributed by atoms with Gasteiger partial charge in [0, 0.05) is 25.4 Å². The molecular formula is C19H19F3N6O3S. The second-order valence-electron chi connectivity index (χ2n) is 6.45. The number of nitrogens with one attached hydrogen (secondary N) is 3. The molecule has 0 aliphatic carbocycles. The number of aryl methyl sites for hydroxylation is 1. The van der Waals surface area contributed by atoms with Gasteiger partial charge < -0.3 is 15.4 Å². The summed E-state index contributed by atoms with van der Waals surface area (Å²) in [7, 11) is -4.24. The lowest BCUT2D eigenvalue weighted by molar-refractivity contribution is -0.275. The fraction of sp³-hybridized carbons (Fsp3) is 0.211. The molecule has 0 saturated heterocycles. The lowest BCUT2D eigenvalue weighted by Crippen LogP contribution is -2.30. The number of anilines is 3. The van der Waals surface area contributed by atoms with Gasteiger partial charge in [-0.15, -0.1) is 13.2 Å². The standard InChI is InChI=1S/C19H19F3N6O3S/c1-13-6-7-23-17(10-13)28-18-11-16(25-12-26-18)24-8-9-27-32(29,30)15-5-3-2-4-14(15)31-19(20,21)22/h2-7,10-12,27H,8-9H2,1H3,(H2,23,24,25,26,28). The van der Waals surface area contributed by atoms with Crippen LogP contribution < -0.4 is 20.1 Å². The van der Waals surface area contributed by atoms with Crippen molar-refractivity contribution in [3.8, 4) is 5.75 Å². The molecular weight excluding hydrogens is 449 g/mol. The van der Waals surface area contributed by atoms with Gasteiger partial charge in [0.2, 0.25) is 10.0 Å². The highest BCUT2D eigenvalue weighted by Crippen LogP contribution is 2.29. The molecule has 0 spiro atoms. The van der Waals surface area contributed by atoms with Crippen LogP contribution in [0.25, 0.3) is 0 Å².